The van der Waals surface area contributed by atoms with Gasteiger partial charge in [0, 0.05) is 57.0 Å². The number of H-pyrrole nitrogens is 1. The fourth-order valence-corrected chi connectivity index (χ4v) is 5.40. The average Bonchev–Trinajstić information content (AvgIpc) is 3.44. The number of nitrogens with one attached hydrogen (secondary N) is 2. The van der Waals surface area contributed by atoms with Crippen LogP contribution in [0.2, 0.25) is 10.0 Å². The normalized spacial score (nSPS) is 14.9. The first-order chi connectivity index (χ1) is 18.1. The third-order valence-electron chi connectivity index (χ3n) is 6.74. The van der Waals surface area contributed by atoms with Crippen LogP contribution in [0.5, 0.6) is 0 Å². The third kappa shape index (κ3) is 6.18. The van der Waals surface area contributed by atoms with E-state index in [2.05, 4.69) is 43.4 Å². The molecule has 1 aliphatic carbocycles. The number of aromatic nitrogens is 4. The van der Waals surface area contributed by atoms with Gasteiger partial charge in [-0.3, -0.25) is 19.7 Å². The van der Waals surface area contributed by atoms with E-state index in [0.717, 1.165) is 50.2 Å². The van der Waals surface area contributed by atoms with Crippen LogP contribution in [0.15, 0.2) is 67.4 Å². The van der Waals surface area contributed by atoms with E-state index in [1.54, 1.807) is 6.20 Å². The van der Waals surface area contributed by atoms with Crippen molar-refractivity contribution in [2.45, 2.75) is 44.8 Å². The summed E-state index contributed by atoms with van der Waals surface area (Å²) < 4.78 is 0. The summed E-state index contributed by atoms with van der Waals surface area (Å²) >= 11 is 12.2. The van der Waals surface area contributed by atoms with Crippen LogP contribution >= 0.6 is 23.2 Å². The van der Waals surface area contributed by atoms with Crippen LogP contribution in [0, 0.1) is 0 Å². The van der Waals surface area contributed by atoms with E-state index < -0.39 is 0 Å². The maximum absolute atomic E-state index is 12.6. The highest BCUT2D eigenvalue weighted by atomic mass is 35.5. The first kappa shape index (κ1) is 25.4. The Hall–Kier alpha value is -3.26. The topological polar surface area (TPSA) is 86.8 Å². The standard InChI is InChI=1S/C28H28Cl2N6O/c29-22-16-31-17-23(30)26(22)28(37)35-15-19-6-8-20(9-7-19)18-36(14-10-25-32-12-13-33-25)24-5-1-3-21-4-2-11-34-27(21)24/h2,4,6-9,11-13,16-17,24H,1,3,5,10,14-15,18H2,(H,32,33)(H,35,37). The summed E-state index contributed by atoms with van der Waals surface area (Å²) in [5.74, 6) is 0.664. The SMILES string of the molecule is O=C(NCc1ccc(CN(CCc2ncc[nH]2)C2CCCc3cccnc32)cc1)c1c(Cl)cncc1Cl. The highest BCUT2D eigenvalue weighted by Gasteiger charge is 2.27. The van der Waals surface area contributed by atoms with Crippen molar-refractivity contribution in [1.29, 1.82) is 0 Å². The van der Waals surface area contributed by atoms with Gasteiger partial charge in [0.2, 0.25) is 0 Å². The Kier molecular flexibility index (Phi) is 8.14. The molecule has 1 aromatic carbocycles. The molecule has 3 aromatic heterocycles. The molecular formula is C28H28Cl2N6O. The molecule has 5 rings (SSSR count). The van der Waals surface area contributed by atoms with Crippen LogP contribution in [-0.4, -0.2) is 37.3 Å². The Bertz CT molecular complexity index is 1320. The van der Waals surface area contributed by atoms with Gasteiger partial charge in [0.15, 0.2) is 0 Å². The van der Waals surface area contributed by atoms with Crippen molar-refractivity contribution >= 4 is 29.1 Å². The summed E-state index contributed by atoms with van der Waals surface area (Å²) in [6.45, 7) is 2.05. The van der Waals surface area contributed by atoms with Crippen LogP contribution < -0.4 is 5.32 Å². The van der Waals surface area contributed by atoms with Gasteiger partial charge in [0.25, 0.3) is 5.91 Å². The number of carbonyl (C=O) groups excluding carboxylic acids is 1. The Balaban J connectivity index is 1.27. The Labute approximate surface area is 226 Å². The van der Waals surface area contributed by atoms with Gasteiger partial charge in [-0.2, -0.15) is 0 Å². The largest absolute Gasteiger partial charge is 0.349 e. The lowest BCUT2D eigenvalue weighted by atomic mass is 9.90. The van der Waals surface area contributed by atoms with Crippen molar-refractivity contribution < 1.29 is 4.79 Å². The van der Waals surface area contributed by atoms with Crippen molar-refractivity contribution in [3.63, 3.8) is 0 Å². The van der Waals surface area contributed by atoms with Crippen LogP contribution in [0.25, 0.3) is 0 Å². The summed E-state index contributed by atoms with van der Waals surface area (Å²) in [4.78, 5) is 31.4. The number of pyridine rings is 2. The molecule has 3 heterocycles. The van der Waals surface area contributed by atoms with E-state index in [4.69, 9.17) is 28.2 Å². The van der Waals surface area contributed by atoms with Crippen LogP contribution in [0.4, 0.5) is 0 Å². The molecule has 1 aliphatic rings. The Morgan fingerprint density at radius 2 is 1.84 bits per heavy atom. The molecule has 4 aromatic rings. The van der Waals surface area contributed by atoms with Gasteiger partial charge in [-0.1, -0.05) is 53.5 Å². The minimum absolute atomic E-state index is 0.230. The predicted octanol–water partition coefficient (Wildman–Crippen LogP) is 5.56. The lowest BCUT2D eigenvalue weighted by Crippen LogP contribution is -2.33. The number of halogens is 2. The summed E-state index contributed by atoms with van der Waals surface area (Å²) in [5.41, 5.74) is 4.98. The van der Waals surface area contributed by atoms with Crippen molar-refractivity contribution in [3.05, 3.63) is 111 Å². The first-order valence-electron chi connectivity index (χ1n) is 12.4. The Morgan fingerprint density at radius 1 is 1.05 bits per heavy atom. The number of imidazole rings is 1. The summed E-state index contributed by atoms with van der Waals surface area (Å²) in [7, 11) is 0. The van der Waals surface area contributed by atoms with Crippen molar-refractivity contribution in [3.8, 4) is 0 Å². The zero-order valence-electron chi connectivity index (χ0n) is 20.3. The molecule has 0 fully saturated rings. The molecule has 2 N–H and O–H groups in total. The molecule has 37 heavy (non-hydrogen) atoms. The van der Waals surface area contributed by atoms with Crippen LogP contribution in [0.1, 0.15) is 57.5 Å². The molecule has 7 nitrogen and oxygen atoms in total. The van der Waals surface area contributed by atoms with Gasteiger partial charge in [-0.25, -0.2) is 4.98 Å². The fraction of sp³-hybridized carbons (Fsp3) is 0.286. The molecule has 190 valence electrons. The molecule has 0 radical (unpaired) electrons. The maximum atomic E-state index is 12.6. The molecule has 1 unspecified atom stereocenters. The van der Waals surface area contributed by atoms with E-state index in [-0.39, 0.29) is 27.6 Å². The van der Waals surface area contributed by atoms with E-state index in [1.807, 2.05) is 30.6 Å². The number of benzene rings is 1. The lowest BCUT2D eigenvalue weighted by Gasteiger charge is -2.35. The number of nitrogens with zero attached hydrogens (tertiary/aromatic N) is 4. The zero-order valence-corrected chi connectivity index (χ0v) is 21.8. The molecule has 9 heteroatoms. The number of amides is 1. The van der Waals surface area contributed by atoms with E-state index in [0.29, 0.717) is 6.54 Å². The van der Waals surface area contributed by atoms with Gasteiger partial charge < -0.3 is 10.3 Å². The van der Waals surface area contributed by atoms with E-state index in [9.17, 15) is 4.79 Å². The molecule has 0 spiro atoms. The highest BCUT2D eigenvalue weighted by Crippen LogP contribution is 2.34. The minimum atomic E-state index is -0.325. The lowest BCUT2D eigenvalue weighted by molar-refractivity contribution is 0.0951. The molecule has 1 atom stereocenters. The molecule has 0 bridgehead atoms. The van der Waals surface area contributed by atoms with Crippen LogP contribution in [-0.2, 0) is 25.9 Å². The summed E-state index contributed by atoms with van der Waals surface area (Å²) in [6, 6.07) is 12.8. The van der Waals surface area contributed by atoms with Crippen molar-refractivity contribution in [1.82, 2.24) is 30.2 Å². The van der Waals surface area contributed by atoms with Crippen molar-refractivity contribution in [2.75, 3.05) is 6.54 Å². The molecular weight excluding hydrogens is 507 g/mol. The number of aromatic amines is 1. The second-order valence-corrected chi connectivity index (χ2v) is 10.0. The third-order valence-corrected chi connectivity index (χ3v) is 7.31. The molecule has 0 saturated carbocycles. The highest BCUT2D eigenvalue weighted by molar-refractivity contribution is 6.39. The van der Waals surface area contributed by atoms with Gasteiger partial charge in [0.1, 0.15) is 5.82 Å². The number of hydrogen-bond donors (Lipinski definition) is 2. The van der Waals surface area contributed by atoms with Gasteiger partial charge in [0.05, 0.1) is 27.3 Å². The maximum Gasteiger partial charge on any atom is 0.254 e. The second kappa shape index (κ2) is 11.9. The van der Waals surface area contributed by atoms with E-state index in [1.165, 1.54) is 29.2 Å². The van der Waals surface area contributed by atoms with E-state index >= 15 is 0 Å². The Morgan fingerprint density at radius 3 is 2.59 bits per heavy atom. The first-order valence-corrected chi connectivity index (χ1v) is 13.1. The molecule has 1 amide bonds. The smallest absolute Gasteiger partial charge is 0.254 e. The van der Waals surface area contributed by atoms with Gasteiger partial charge in [-0.15, -0.1) is 0 Å². The number of hydrogen-bond acceptors (Lipinski definition) is 5. The number of fused-ring (bicyclic) bond motifs is 1. The summed E-state index contributed by atoms with van der Waals surface area (Å²) in [6.07, 6.45) is 12.6. The fourth-order valence-electron chi connectivity index (χ4n) is 4.87. The van der Waals surface area contributed by atoms with Crippen LogP contribution in [0.3, 0.4) is 0 Å². The second-order valence-electron chi connectivity index (χ2n) is 9.19. The van der Waals surface area contributed by atoms with Gasteiger partial charge >= 0.3 is 0 Å². The quantitative estimate of drug-likeness (QED) is 0.293. The molecule has 0 saturated heterocycles. The minimum Gasteiger partial charge on any atom is -0.349 e. The zero-order chi connectivity index (χ0) is 25.6. The van der Waals surface area contributed by atoms with Gasteiger partial charge in [-0.05, 0) is 42.0 Å². The average molecular weight is 535 g/mol. The number of rotatable bonds is 9. The summed E-state index contributed by atoms with van der Waals surface area (Å²) in [5, 5.41) is 3.35. The number of aryl methyl sites for hydroxylation is 1. The predicted molar refractivity (Wildman–Crippen MR) is 144 cm³/mol. The molecule has 0 aliphatic heterocycles. The van der Waals surface area contributed by atoms with Crippen molar-refractivity contribution in [2.24, 2.45) is 0 Å². The number of carbonyl (C=O) groups is 1. The monoisotopic (exact) mass is 534 g/mol.